The first-order chi connectivity index (χ1) is 16.8. The summed E-state index contributed by atoms with van der Waals surface area (Å²) in [6.45, 7) is 2.34. The molecule has 4 rings (SSSR count). The number of anilines is 1. The number of rotatable bonds is 8. The fourth-order valence-electron chi connectivity index (χ4n) is 3.63. The number of benzene rings is 3. The third kappa shape index (κ3) is 4.51. The minimum Gasteiger partial charge on any atom is -0.495 e. The van der Waals surface area contributed by atoms with Crippen LogP contribution in [-0.4, -0.2) is 30.1 Å². The number of ether oxygens (including phenoxy) is 1. The van der Waals surface area contributed by atoms with Crippen molar-refractivity contribution in [3.8, 4) is 11.6 Å². The molecule has 0 saturated heterocycles. The molecule has 0 fully saturated rings. The third-order valence-corrected chi connectivity index (χ3v) is 6.66. The number of hydrogen-bond donors (Lipinski definition) is 2. The topological polar surface area (TPSA) is 148 Å². The van der Waals surface area contributed by atoms with E-state index in [0.717, 1.165) is 11.6 Å². The maximum Gasteiger partial charge on any atom is 0.298 e. The van der Waals surface area contributed by atoms with Crippen molar-refractivity contribution in [1.29, 1.82) is 0 Å². The third-order valence-electron chi connectivity index (χ3n) is 5.30. The number of aryl methyl sites for hydroxylation is 1. The quantitative estimate of drug-likeness (QED) is 0.187. The van der Waals surface area contributed by atoms with Crippen LogP contribution in [0.25, 0.3) is 10.9 Å². The standard InChI is InChI=1S/C23H21N5O6S/c1-3-27-19-10-6-4-8-16(19)22(23(27)29)25-24-17-13-12-15(14-20(17)28(30)31)35(32,33)26-18-9-5-7-11-21(18)34-2/h4-14,26,29H,3H2,1-2H3. The lowest BCUT2D eigenvalue weighted by Crippen LogP contribution is -2.13. The predicted molar refractivity (Wildman–Crippen MR) is 130 cm³/mol. The Kier molecular flexibility index (Phi) is 6.38. The van der Waals surface area contributed by atoms with Gasteiger partial charge in [-0.05, 0) is 37.3 Å². The average molecular weight is 496 g/mol. The number of azo groups is 1. The van der Waals surface area contributed by atoms with Gasteiger partial charge in [-0.15, -0.1) is 10.2 Å². The fraction of sp³-hybridized carbons (Fsp3) is 0.130. The van der Waals surface area contributed by atoms with Crippen molar-refractivity contribution >= 4 is 43.7 Å². The van der Waals surface area contributed by atoms with Crippen molar-refractivity contribution in [3.63, 3.8) is 0 Å². The first kappa shape index (κ1) is 23.7. The largest absolute Gasteiger partial charge is 0.495 e. The molecule has 0 bridgehead atoms. The van der Waals surface area contributed by atoms with Crippen molar-refractivity contribution in [3.05, 3.63) is 76.8 Å². The molecule has 0 saturated carbocycles. The number of nitrogens with zero attached hydrogens (tertiary/aromatic N) is 4. The summed E-state index contributed by atoms with van der Waals surface area (Å²) in [6, 6.07) is 16.8. The number of nitro benzene ring substituents is 1. The molecular weight excluding hydrogens is 474 g/mol. The highest BCUT2D eigenvalue weighted by atomic mass is 32.2. The van der Waals surface area contributed by atoms with Gasteiger partial charge in [0.1, 0.15) is 5.75 Å². The normalized spacial score (nSPS) is 11.7. The number of nitro groups is 1. The molecule has 35 heavy (non-hydrogen) atoms. The molecule has 0 aliphatic carbocycles. The van der Waals surface area contributed by atoms with E-state index < -0.39 is 20.6 Å². The van der Waals surface area contributed by atoms with Gasteiger partial charge in [-0.1, -0.05) is 30.3 Å². The van der Waals surface area contributed by atoms with Gasteiger partial charge in [0.15, 0.2) is 11.4 Å². The van der Waals surface area contributed by atoms with Crippen LogP contribution in [0.4, 0.5) is 22.7 Å². The summed E-state index contributed by atoms with van der Waals surface area (Å²) in [4.78, 5) is 10.6. The Balaban J connectivity index is 1.73. The zero-order valence-corrected chi connectivity index (χ0v) is 19.6. The molecule has 0 unspecified atom stereocenters. The lowest BCUT2D eigenvalue weighted by molar-refractivity contribution is -0.384. The number of nitrogens with one attached hydrogen (secondary N) is 1. The summed E-state index contributed by atoms with van der Waals surface area (Å²) < 4.78 is 34.9. The molecule has 12 heteroatoms. The molecule has 0 spiro atoms. The van der Waals surface area contributed by atoms with Gasteiger partial charge < -0.3 is 14.4 Å². The van der Waals surface area contributed by atoms with E-state index in [-0.39, 0.29) is 27.8 Å². The lowest BCUT2D eigenvalue weighted by atomic mass is 10.2. The minimum atomic E-state index is -4.17. The van der Waals surface area contributed by atoms with Gasteiger partial charge >= 0.3 is 0 Å². The van der Waals surface area contributed by atoms with E-state index in [9.17, 15) is 23.6 Å². The SMILES string of the molecule is CCn1c(O)c(N=Nc2ccc(S(=O)(=O)Nc3ccccc3OC)cc2[N+](=O)[O-])c2ccccc21. The van der Waals surface area contributed by atoms with Crippen LogP contribution in [0.15, 0.2) is 81.9 Å². The van der Waals surface area contributed by atoms with E-state index in [1.165, 1.54) is 25.3 Å². The molecule has 1 aromatic heterocycles. The first-order valence-electron chi connectivity index (χ1n) is 10.4. The van der Waals surface area contributed by atoms with E-state index in [1.807, 2.05) is 19.1 Å². The maximum atomic E-state index is 12.9. The molecule has 0 amide bonds. The molecule has 0 aliphatic rings. The van der Waals surface area contributed by atoms with Crippen molar-refractivity contribution in [2.45, 2.75) is 18.4 Å². The molecule has 0 atom stereocenters. The molecule has 4 aromatic rings. The smallest absolute Gasteiger partial charge is 0.298 e. The van der Waals surface area contributed by atoms with Crippen molar-refractivity contribution in [2.75, 3.05) is 11.8 Å². The second kappa shape index (κ2) is 9.43. The average Bonchev–Trinajstić information content (AvgIpc) is 3.12. The van der Waals surface area contributed by atoms with Gasteiger partial charge in [-0.25, -0.2) is 8.42 Å². The van der Waals surface area contributed by atoms with Crippen molar-refractivity contribution in [1.82, 2.24) is 4.57 Å². The summed E-state index contributed by atoms with van der Waals surface area (Å²) >= 11 is 0. The Labute approximate surface area is 200 Å². The zero-order valence-electron chi connectivity index (χ0n) is 18.7. The van der Waals surface area contributed by atoms with Crippen LogP contribution in [-0.2, 0) is 16.6 Å². The molecule has 0 aliphatic heterocycles. The second-order valence-electron chi connectivity index (χ2n) is 7.35. The number of sulfonamides is 1. The van der Waals surface area contributed by atoms with Gasteiger partial charge in [-0.3, -0.25) is 14.8 Å². The van der Waals surface area contributed by atoms with Crippen molar-refractivity contribution < 1.29 is 23.2 Å². The Morgan fingerprint density at radius 3 is 2.51 bits per heavy atom. The number of fused-ring (bicyclic) bond motifs is 1. The van der Waals surface area contributed by atoms with Crippen molar-refractivity contribution in [2.24, 2.45) is 10.2 Å². The molecule has 0 radical (unpaired) electrons. The molecule has 11 nitrogen and oxygen atoms in total. The minimum absolute atomic E-state index is 0.125. The van der Waals surface area contributed by atoms with Crippen LogP contribution in [0.2, 0.25) is 0 Å². The highest BCUT2D eigenvalue weighted by Crippen LogP contribution is 2.40. The Hall–Kier alpha value is -4.45. The Morgan fingerprint density at radius 1 is 1.09 bits per heavy atom. The second-order valence-corrected chi connectivity index (χ2v) is 9.03. The number of aromatic nitrogens is 1. The summed E-state index contributed by atoms with van der Waals surface area (Å²) in [5.74, 6) is 0.169. The zero-order chi connectivity index (χ0) is 25.2. The Morgan fingerprint density at radius 2 is 1.80 bits per heavy atom. The van der Waals surface area contributed by atoms with Crippen LogP contribution in [0, 0.1) is 10.1 Å². The summed E-state index contributed by atoms with van der Waals surface area (Å²) in [5, 5.41) is 31.0. The van der Waals surface area contributed by atoms with Crippen LogP contribution < -0.4 is 9.46 Å². The van der Waals surface area contributed by atoms with E-state index in [0.29, 0.717) is 17.7 Å². The van der Waals surface area contributed by atoms with Gasteiger partial charge in [-0.2, -0.15) is 0 Å². The maximum absolute atomic E-state index is 12.9. The molecular formula is C23H21N5O6S. The fourth-order valence-corrected chi connectivity index (χ4v) is 4.72. The van der Waals surface area contributed by atoms with Gasteiger partial charge in [0.05, 0.1) is 28.1 Å². The van der Waals surface area contributed by atoms with E-state index in [2.05, 4.69) is 15.0 Å². The molecule has 2 N–H and O–H groups in total. The van der Waals surface area contributed by atoms with Crippen LogP contribution in [0.3, 0.4) is 0 Å². The molecule has 1 heterocycles. The molecule has 180 valence electrons. The molecule has 3 aromatic carbocycles. The Bertz CT molecular complexity index is 1560. The van der Waals surface area contributed by atoms with Crippen LogP contribution in [0.1, 0.15) is 6.92 Å². The number of para-hydroxylation sites is 3. The van der Waals surface area contributed by atoms with Crippen LogP contribution in [0.5, 0.6) is 11.6 Å². The lowest BCUT2D eigenvalue weighted by Gasteiger charge is -2.11. The van der Waals surface area contributed by atoms with E-state index >= 15 is 0 Å². The van der Waals surface area contributed by atoms with Gasteiger partial charge in [0.25, 0.3) is 15.7 Å². The number of hydrogen-bond acceptors (Lipinski definition) is 8. The first-order valence-corrected chi connectivity index (χ1v) is 11.9. The van der Waals surface area contributed by atoms with E-state index in [4.69, 9.17) is 4.74 Å². The van der Waals surface area contributed by atoms with Gasteiger partial charge in [0.2, 0.25) is 5.88 Å². The summed E-state index contributed by atoms with van der Waals surface area (Å²) in [5.41, 5.74) is 0.352. The highest BCUT2D eigenvalue weighted by Gasteiger charge is 2.23. The summed E-state index contributed by atoms with van der Waals surface area (Å²) in [6.07, 6.45) is 0. The predicted octanol–water partition coefficient (Wildman–Crippen LogP) is 5.50. The number of aromatic hydroxyl groups is 1. The van der Waals surface area contributed by atoms with E-state index in [1.54, 1.807) is 34.9 Å². The highest BCUT2D eigenvalue weighted by molar-refractivity contribution is 7.92. The number of methoxy groups -OCH3 is 1. The monoisotopic (exact) mass is 495 g/mol. The van der Waals surface area contributed by atoms with Gasteiger partial charge in [0, 0.05) is 18.0 Å². The summed E-state index contributed by atoms with van der Waals surface area (Å²) in [7, 11) is -2.78. The van der Waals surface area contributed by atoms with Crippen LogP contribution >= 0.6 is 0 Å².